The lowest BCUT2D eigenvalue weighted by Crippen LogP contribution is -2.37. The quantitative estimate of drug-likeness (QED) is 0.357. The van der Waals surface area contributed by atoms with E-state index in [-0.39, 0.29) is 5.82 Å². The molecule has 0 atom stereocenters. The van der Waals surface area contributed by atoms with Crippen molar-refractivity contribution in [2.24, 2.45) is 14.1 Å². The van der Waals surface area contributed by atoms with Gasteiger partial charge in [-0.15, -0.1) is 0 Å². The molecule has 8 heteroatoms. The van der Waals surface area contributed by atoms with Gasteiger partial charge in [0.1, 0.15) is 5.82 Å². The van der Waals surface area contributed by atoms with Crippen molar-refractivity contribution >= 4 is 16.9 Å². The Balaban J connectivity index is 1.99. The SMILES string of the molecule is CCCCCc1c(-c2ccccc2)n(-c2ccc(F)cc2)c2nc3c(c(=O)n(C)c(=O)n3C)n12. The van der Waals surface area contributed by atoms with Crippen molar-refractivity contribution in [1.29, 1.82) is 0 Å². The van der Waals surface area contributed by atoms with Gasteiger partial charge in [0.05, 0.1) is 11.4 Å². The average Bonchev–Trinajstić information content (AvgIpc) is 3.38. The van der Waals surface area contributed by atoms with Gasteiger partial charge in [-0.3, -0.25) is 22.9 Å². The second-order valence-corrected chi connectivity index (χ2v) is 8.56. The van der Waals surface area contributed by atoms with Gasteiger partial charge in [0.15, 0.2) is 11.2 Å². The Hall–Kier alpha value is -3.94. The molecule has 0 aliphatic heterocycles. The Morgan fingerprint density at radius 3 is 2.29 bits per heavy atom. The van der Waals surface area contributed by atoms with Gasteiger partial charge in [0.2, 0.25) is 5.78 Å². The van der Waals surface area contributed by atoms with E-state index < -0.39 is 11.2 Å². The zero-order chi connectivity index (χ0) is 24.0. The highest BCUT2D eigenvalue weighted by atomic mass is 19.1. The van der Waals surface area contributed by atoms with Crippen LogP contribution >= 0.6 is 0 Å². The number of unbranched alkanes of at least 4 members (excludes halogenated alkanes) is 2. The maximum atomic E-state index is 13.8. The molecule has 34 heavy (non-hydrogen) atoms. The number of fused-ring (bicyclic) bond motifs is 3. The molecular weight excluding hydrogens is 433 g/mol. The van der Waals surface area contributed by atoms with E-state index in [2.05, 4.69) is 6.92 Å². The minimum absolute atomic E-state index is 0.329. The van der Waals surface area contributed by atoms with Crippen molar-refractivity contribution in [2.45, 2.75) is 32.6 Å². The first-order valence-electron chi connectivity index (χ1n) is 11.5. The van der Waals surface area contributed by atoms with Crippen LogP contribution in [0, 0.1) is 5.82 Å². The van der Waals surface area contributed by atoms with Crippen molar-refractivity contribution in [2.75, 3.05) is 0 Å². The van der Waals surface area contributed by atoms with Crippen LogP contribution in [0.1, 0.15) is 31.9 Å². The van der Waals surface area contributed by atoms with Gasteiger partial charge < -0.3 is 0 Å². The number of aromatic nitrogens is 5. The van der Waals surface area contributed by atoms with E-state index in [1.54, 1.807) is 19.2 Å². The van der Waals surface area contributed by atoms with Crippen LogP contribution in [0.15, 0.2) is 64.2 Å². The highest BCUT2D eigenvalue weighted by Gasteiger charge is 2.26. The summed E-state index contributed by atoms with van der Waals surface area (Å²) in [4.78, 5) is 30.7. The molecule has 0 aliphatic rings. The first kappa shape index (κ1) is 21.9. The molecular formula is C26H26FN5O2. The van der Waals surface area contributed by atoms with Crippen LogP contribution in [0.2, 0.25) is 0 Å². The molecule has 0 radical (unpaired) electrons. The summed E-state index contributed by atoms with van der Waals surface area (Å²) in [7, 11) is 3.10. The monoisotopic (exact) mass is 459 g/mol. The summed E-state index contributed by atoms with van der Waals surface area (Å²) in [5.41, 5.74) is 3.42. The van der Waals surface area contributed by atoms with Crippen LogP contribution in [-0.2, 0) is 20.5 Å². The standard InChI is InChI=1S/C26H26FN5O2/c1-4-5-7-12-20-21(17-10-8-6-9-11-17)31(19-15-13-18(27)14-16-19)25-28-23-22(32(20)25)24(33)30(3)26(34)29(23)2/h6,8-11,13-16H,4-5,7,12H2,1-3H3. The third-order valence-corrected chi connectivity index (χ3v) is 6.36. The van der Waals surface area contributed by atoms with Crippen molar-refractivity contribution < 1.29 is 4.39 Å². The van der Waals surface area contributed by atoms with E-state index >= 15 is 0 Å². The average molecular weight is 460 g/mol. The van der Waals surface area contributed by atoms with E-state index in [9.17, 15) is 14.0 Å². The van der Waals surface area contributed by atoms with Crippen LogP contribution in [0.4, 0.5) is 4.39 Å². The minimum atomic E-state index is -0.428. The Morgan fingerprint density at radius 1 is 0.912 bits per heavy atom. The Kier molecular flexibility index (Phi) is 5.43. The Morgan fingerprint density at radius 2 is 1.62 bits per heavy atom. The number of aryl methyl sites for hydroxylation is 2. The number of nitrogens with zero attached hydrogens (tertiary/aromatic N) is 5. The number of rotatable bonds is 6. The summed E-state index contributed by atoms with van der Waals surface area (Å²) >= 11 is 0. The van der Waals surface area contributed by atoms with E-state index in [4.69, 9.17) is 4.98 Å². The Labute approximate surface area is 195 Å². The number of benzene rings is 2. The lowest BCUT2D eigenvalue weighted by Gasteiger charge is -2.12. The molecule has 2 aromatic carbocycles. The van der Waals surface area contributed by atoms with Crippen molar-refractivity contribution in [3.05, 3.63) is 86.9 Å². The summed E-state index contributed by atoms with van der Waals surface area (Å²) in [5.74, 6) is 0.186. The predicted octanol–water partition coefficient (Wildman–Crippen LogP) is 4.21. The number of hydrogen-bond acceptors (Lipinski definition) is 3. The maximum absolute atomic E-state index is 13.8. The van der Waals surface area contributed by atoms with Crippen LogP contribution < -0.4 is 11.2 Å². The van der Waals surface area contributed by atoms with Crippen LogP contribution in [0.25, 0.3) is 33.9 Å². The highest BCUT2D eigenvalue weighted by molar-refractivity contribution is 5.81. The van der Waals surface area contributed by atoms with E-state index in [1.165, 1.54) is 23.7 Å². The normalized spacial score (nSPS) is 11.6. The van der Waals surface area contributed by atoms with Gasteiger partial charge in [0.25, 0.3) is 5.56 Å². The summed E-state index contributed by atoms with van der Waals surface area (Å²) in [6, 6.07) is 16.2. The first-order valence-corrected chi connectivity index (χ1v) is 11.5. The molecule has 0 fully saturated rings. The smallest absolute Gasteiger partial charge is 0.279 e. The van der Waals surface area contributed by atoms with Gasteiger partial charge in [-0.2, -0.15) is 4.98 Å². The zero-order valence-electron chi connectivity index (χ0n) is 19.5. The Bertz CT molecular complexity index is 1620. The van der Waals surface area contributed by atoms with Crippen LogP contribution in [-0.4, -0.2) is 23.1 Å². The molecule has 3 heterocycles. The predicted molar refractivity (Wildman–Crippen MR) is 131 cm³/mol. The summed E-state index contributed by atoms with van der Waals surface area (Å²) in [6.07, 6.45) is 3.76. The van der Waals surface area contributed by atoms with Gasteiger partial charge in [-0.05, 0) is 37.1 Å². The van der Waals surface area contributed by atoms with Crippen LogP contribution in [0.3, 0.4) is 0 Å². The molecule has 0 saturated heterocycles. The van der Waals surface area contributed by atoms with Crippen molar-refractivity contribution in [1.82, 2.24) is 23.1 Å². The summed E-state index contributed by atoms with van der Waals surface area (Å²) < 4.78 is 20.2. The molecule has 7 nitrogen and oxygen atoms in total. The largest absolute Gasteiger partial charge is 0.332 e. The molecule has 0 aliphatic carbocycles. The van der Waals surface area contributed by atoms with Crippen LogP contribution in [0.5, 0.6) is 0 Å². The second-order valence-electron chi connectivity index (χ2n) is 8.56. The molecule has 0 amide bonds. The topological polar surface area (TPSA) is 66.2 Å². The first-order chi connectivity index (χ1) is 16.4. The molecule has 0 saturated carbocycles. The van der Waals surface area contributed by atoms with Gasteiger partial charge in [-0.1, -0.05) is 50.1 Å². The molecule has 0 bridgehead atoms. The summed E-state index contributed by atoms with van der Waals surface area (Å²) in [5, 5.41) is 0. The molecule has 5 rings (SSSR count). The van der Waals surface area contributed by atoms with E-state index in [1.807, 2.05) is 39.3 Å². The molecule has 5 aromatic rings. The lowest BCUT2D eigenvalue weighted by atomic mass is 10.1. The third-order valence-electron chi connectivity index (χ3n) is 6.36. The van der Waals surface area contributed by atoms with Crippen molar-refractivity contribution in [3.63, 3.8) is 0 Å². The van der Waals surface area contributed by atoms with Gasteiger partial charge in [-0.25, -0.2) is 9.18 Å². The molecule has 3 aromatic heterocycles. The van der Waals surface area contributed by atoms with Gasteiger partial charge >= 0.3 is 5.69 Å². The second kappa shape index (κ2) is 8.44. The fraction of sp³-hybridized carbons (Fsp3) is 0.269. The van der Waals surface area contributed by atoms with E-state index in [0.29, 0.717) is 16.9 Å². The van der Waals surface area contributed by atoms with E-state index in [0.717, 1.165) is 52.9 Å². The molecule has 174 valence electrons. The fourth-order valence-corrected chi connectivity index (χ4v) is 4.62. The third kappa shape index (κ3) is 3.29. The number of hydrogen-bond donors (Lipinski definition) is 0. The minimum Gasteiger partial charge on any atom is -0.279 e. The molecule has 0 unspecified atom stereocenters. The highest BCUT2D eigenvalue weighted by Crippen LogP contribution is 2.34. The number of imidazole rings is 2. The number of halogens is 1. The summed E-state index contributed by atoms with van der Waals surface area (Å²) in [6.45, 7) is 2.15. The zero-order valence-corrected chi connectivity index (χ0v) is 19.5. The maximum Gasteiger partial charge on any atom is 0.332 e. The fourth-order valence-electron chi connectivity index (χ4n) is 4.62. The molecule has 0 N–H and O–H groups in total. The lowest BCUT2D eigenvalue weighted by molar-refractivity contribution is 0.627. The molecule has 0 spiro atoms. The van der Waals surface area contributed by atoms with Gasteiger partial charge in [0, 0.05) is 25.3 Å². The van der Waals surface area contributed by atoms with Crippen molar-refractivity contribution in [3.8, 4) is 16.9 Å².